The number of fused-ring (bicyclic) bond motifs is 1. The monoisotopic (exact) mass is 460 g/mol. The topological polar surface area (TPSA) is 124 Å². The van der Waals surface area contributed by atoms with E-state index >= 15 is 0 Å². The molecule has 8 heteroatoms. The third kappa shape index (κ3) is 4.75. The number of rotatable bonds is 7. The van der Waals surface area contributed by atoms with Crippen molar-refractivity contribution in [2.45, 2.75) is 19.3 Å². The fourth-order valence-electron chi connectivity index (χ4n) is 3.94. The van der Waals surface area contributed by atoms with Crippen LogP contribution in [-0.4, -0.2) is 32.4 Å². The number of aliphatic imine (C=N–C) groups is 1. The third-order valence-corrected chi connectivity index (χ3v) is 5.61. The van der Waals surface area contributed by atoms with Crippen molar-refractivity contribution in [3.8, 4) is 17.3 Å². The first kappa shape index (κ1) is 21.9. The maximum Gasteiger partial charge on any atom is 0.276 e. The first-order valence-electron chi connectivity index (χ1n) is 11.1. The van der Waals surface area contributed by atoms with Gasteiger partial charge >= 0.3 is 0 Å². The number of nitrogens with zero attached hydrogens (tertiary/aromatic N) is 4. The van der Waals surface area contributed by atoms with Gasteiger partial charge in [-0.15, -0.1) is 0 Å². The van der Waals surface area contributed by atoms with E-state index in [2.05, 4.69) is 31.3 Å². The van der Waals surface area contributed by atoms with E-state index in [0.29, 0.717) is 35.1 Å². The molecule has 2 aromatic carbocycles. The first-order valence-corrected chi connectivity index (χ1v) is 11.1. The molecular weight excluding hydrogens is 440 g/mol. The van der Waals surface area contributed by atoms with Crippen LogP contribution in [0, 0.1) is 11.3 Å². The predicted octanol–water partition coefficient (Wildman–Crippen LogP) is 4.87. The summed E-state index contributed by atoms with van der Waals surface area (Å²) in [6, 6.07) is 20.1. The number of carbonyl (C=O) groups is 2. The lowest BCUT2D eigenvalue weighted by atomic mass is 10.0. The molecule has 0 radical (unpaired) electrons. The number of para-hydroxylation sites is 1. The maximum atomic E-state index is 12.9. The number of nitrogens with one attached hydrogen (secondary N) is 2. The molecule has 0 saturated heterocycles. The van der Waals surface area contributed by atoms with Gasteiger partial charge in [-0.25, -0.2) is 9.97 Å². The highest BCUT2D eigenvalue weighted by Crippen LogP contribution is 2.22. The van der Waals surface area contributed by atoms with E-state index in [1.54, 1.807) is 36.5 Å². The molecule has 8 nitrogen and oxygen atoms in total. The van der Waals surface area contributed by atoms with Gasteiger partial charge < -0.3 is 4.98 Å². The van der Waals surface area contributed by atoms with Crippen LogP contribution in [0.1, 0.15) is 39.3 Å². The lowest BCUT2D eigenvalue weighted by Gasteiger charge is -2.06. The molecular formula is C27H20N6O2. The summed E-state index contributed by atoms with van der Waals surface area (Å²) in [6.45, 7) is 0. The highest BCUT2D eigenvalue weighted by molar-refractivity contribution is 6.15. The summed E-state index contributed by atoms with van der Waals surface area (Å²) >= 11 is 0. The number of aromatic amines is 1. The number of pyridine rings is 1. The Kier molecular flexibility index (Phi) is 5.97. The number of amides is 1. The van der Waals surface area contributed by atoms with Gasteiger partial charge in [0.2, 0.25) is 5.95 Å². The molecule has 0 spiro atoms. The van der Waals surface area contributed by atoms with Crippen LogP contribution in [0.5, 0.6) is 0 Å². The van der Waals surface area contributed by atoms with E-state index in [-0.39, 0.29) is 23.8 Å². The molecule has 0 bridgehead atoms. The summed E-state index contributed by atoms with van der Waals surface area (Å²) in [4.78, 5) is 42.0. The van der Waals surface area contributed by atoms with Gasteiger partial charge in [0, 0.05) is 35.9 Å². The summed E-state index contributed by atoms with van der Waals surface area (Å²) in [6.07, 6.45) is 4.83. The van der Waals surface area contributed by atoms with Crippen LogP contribution >= 0.6 is 0 Å². The van der Waals surface area contributed by atoms with Crippen LogP contribution in [0.3, 0.4) is 0 Å². The highest BCUT2D eigenvalue weighted by atomic mass is 16.2. The SMILES string of the molecule is N#CCc1cccc(-c2cccc(C(=O)Nc3nc4c(C(=O)CC5=NC=CC5)cccc4[nH]3)n2)c1. The molecule has 0 fully saturated rings. The van der Waals surface area contributed by atoms with Crippen LogP contribution in [-0.2, 0) is 6.42 Å². The second-order valence-corrected chi connectivity index (χ2v) is 8.07. The number of hydrogen-bond donors (Lipinski definition) is 2. The number of Topliss-reactive ketones (excluding diaryl/α,β-unsaturated/α-hetero) is 1. The molecule has 0 saturated carbocycles. The minimum Gasteiger partial charge on any atom is -0.324 e. The zero-order valence-electron chi connectivity index (χ0n) is 18.7. The van der Waals surface area contributed by atoms with E-state index < -0.39 is 5.91 Å². The molecule has 2 aromatic heterocycles. The number of aromatic nitrogens is 3. The number of imidazole rings is 1. The van der Waals surface area contributed by atoms with Crippen molar-refractivity contribution in [2.24, 2.45) is 4.99 Å². The second-order valence-electron chi connectivity index (χ2n) is 8.07. The molecule has 1 aliphatic rings. The van der Waals surface area contributed by atoms with Gasteiger partial charge in [0.25, 0.3) is 5.91 Å². The minimum absolute atomic E-state index is 0.0737. The van der Waals surface area contributed by atoms with Gasteiger partial charge in [0.1, 0.15) is 11.2 Å². The Labute approximate surface area is 201 Å². The number of H-pyrrole nitrogens is 1. The van der Waals surface area contributed by atoms with Crippen molar-refractivity contribution >= 4 is 34.4 Å². The molecule has 3 heterocycles. The van der Waals surface area contributed by atoms with E-state index in [0.717, 1.165) is 16.8 Å². The van der Waals surface area contributed by atoms with Gasteiger partial charge in [-0.2, -0.15) is 5.26 Å². The standard InChI is InChI=1S/C27H20N6O2/c28-13-12-17-5-1-6-18(15-17)21-9-3-11-23(30-21)26(35)33-27-31-22-10-2-8-20(25(22)32-27)24(34)16-19-7-4-14-29-19/h1-6,8-11,14-15H,7,12,16H2,(H2,31,32,33,35). The maximum absolute atomic E-state index is 12.9. The van der Waals surface area contributed by atoms with Crippen molar-refractivity contribution in [1.82, 2.24) is 15.0 Å². The molecule has 170 valence electrons. The number of benzene rings is 2. The van der Waals surface area contributed by atoms with Crippen molar-refractivity contribution in [2.75, 3.05) is 5.32 Å². The van der Waals surface area contributed by atoms with Crippen LogP contribution in [0.25, 0.3) is 22.3 Å². The Balaban J connectivity index is 1.36. The molecule has 1 amide bonds. The van der Waals surface area contributed by atoms with Crippen molar-refractivity contribution in [3.63, 3.8) is 0 Å². The Morgan fingerprint density at radius 1 is 1.06 bits per heavy atom. The van der Waals surface area contributed by atoms with Gasteiger partial charge in [0.15, 0.2) is 5.78 Å². The van der Waals surface area contributed by atoms with Gasteiger partial charge in [-0.1, -0.05) is 36.4 Å². The first-order chi connectivity index (χ1) is 17.1. The summed E-state index contributed by atoms with van der Waals surface area (Å²) < 4.78 is 0. The molecule has 35 heavy (non-hydrogen) atoms. The lowest BCUT2D eigenvalue weighted by Crippen LogP contribution is -2.14. The van der Waals surface area contributed by atoms with E-state index in [1.165, 1.54) is 0 Å². The normalized spacial score (nSPS) is 12.4. The summed E-state index contributed by atoms with van der Waals surface area (Å²) in [5.41, 5.74) is 4.98. The number of ketones is 1. The fraction of sp³-hybridized carbons (Fsp3) is 0.111. The van der Waals surface area contributed by atoms with Gasteiger partial charge in [-0.05, 0) is 35.9 Å². The Morgan fingerprint density at radius 3 is 2.74 bits per heavy atom. The molecule has 0 unspecified atom stereocenters. The largest absolute Gasteiger partial charge is 0.324 e. The number of allylic oxidation sites excluding steroid dienone is 1. The van der Waals surface area contributed by atoms with Crippen LogP contribution in [0.15, 0.2) is 77.9 Å². The predicted molar refractivity (Wildman–Crippen MR) is 133 cm³/mol. The quantitative estimate of drug-likeness (QED) is 0.381. The van der Waals surface area contributed by atoms with Crippen LogP contribution < -0.4 is 5.32 Å². The Hall–Kier alpha value is -4.90. The molecule has 2 N–H and O–H groups in total. The van der Waals surface area contributed by atoms with Gasteiger partial charge in [0.05, 0.1) is 23.7 Å². The number of hydrogen-bond acceptors (Lipinski definition) is 6. The molecule has 0 atom stereocenters. The Bertz CT molecular complexity index is 1560. The zero-order valence-corrected chi connectivity index (χ0v) is 18.7. The van der Waals surface area contributed by atoms with Crippen molar-refractivity contribution in [1.29, 1.82) is 5.26 Å². The summed E-state index contributed by atoms with van der Waals surface area (Å²) in [5.74, 6) is -0.276. The molecule has 4 aromatic rings. The van der Waals surface area contributed by atoms with E-state index in [9.17, 15) is 9.59 Å². The summed E-state index contributed by atoms with van der Waals surface area (Å²) in [7, 11) is 0. The molecule has 5 rings (SSSR count). The number of anilines is 1. The number of nitriles is 1. The summed E-state index contributed by atoms with van der Waals surface area (Å²) in [5, 5.41) is 11.7. The average molecular weight is 460 g/mol. The highest BCUT2D eigenvalue weighted by Gasteiger charge is 2.18. The average Bonchev–Trinajstić information content (AvgIpc) is 3.53. The van der Waals surface area contributed by atoms with Gasteiger partial charge in [-0.3, -0.25) is 19.9 Å². The minimum atomic E-state index is -0.432. The Morgan fingerprint density at radius 2 is 1.91 bits per heavy atom. The smallest absolute Gasteiger partial charge is 0.276 e. The zero-order chi connectivity index (χ0) is 24.2. The van der Waals surface area contributed by atoms with Crippen molar-refractivity contribution < 1.29 is 9.59 Å². The number of carbonyl (C=O) groups excluding carboxylic acids is 2. The third-order valence-electron chi connectivity index (χ3n) is 5.61. The second kappa shape index (κ2) is 9.53. The van der Waals surface area contributed by atoms with Crippen LogP contribution in [0.4, 0.5) is 5.95 Å². The van der Waals surface area contributed by atoms with Crippen molar-refractivity contribution in [3.05, 3.63) is 89.8 Å². The fourth-order valence-corrected chi connectivity index (χ4v) is 3.94. The van der Waals surface area contributed by atoms with E-state index in [4.69, 9.17) is 5.26 Å². The van der Waals surface area contributed by atoms with E-state index in [1.807, 2.05) is 36.4 Å². The molecule has 0 aliphatic carbocycles. The molecule has 1 aliphatic heterocycles. The van der Waals surface area contributed by atoms with Crippen LogP contribution in [0.2, 0.25) is 0 Å². The lowest BCUT2D eigenvalue weighted by molar-refractivity contribution is 0.0998.